The maximum atomic E-state index is 11.5. The Bertz CT molecular complexity index is 889. The number of aldehydes is 1. The minimum absolute atomic E-state index is 0.432. The van der Waals surface area contributed by atoms with E-state index in [-0.39, 0.29) is 0 Å². The molecule has 0 saturated carbocycles. The van der Waals surface area contributed by atoms with Crippen LogP contribution in [-0.2, 0) is 0 Å². The van der Waals surface area contributed by atoms with Gasteiger partial charge < -0.3 is 0 Å². The molecule has 5 heteroatoms. The zero-order valence-corrected chi connectivity index (χ0v) is 11.9. The molecular formula is C16H10ClN3O. The van der Waals surface area contributed by atoms with Gasteiger partial charge in [-0.05, 0) is 31.2 Å². The van der Waals surface area contributed by atoms with Crippen LogP contribution >= 0.6 is 11.6 Å². The van der Waals surface area contributed by atoms with Crippen LogP contribution in [0.1, 0.15) is 21.7 Å². The zero-order valence-electron chi connectivity index (χ0n) is 11.2. The predicted octanol–water partition coefficient (Wildman–Crippen LogP) is 3.65. The Kier molecular flexibility index (Phi) is 3.20. The number of aryl methyl sites for hydroxylation is 1. The lowest BCUT2D eigenvalue weighted by Gasteiger charge is -2.03. The molecule has 0 aliphatic heterocycles. The molecule has 21 heavy (non-hydrogen) atoms. The first-order chi connectivity index (χ1) is 10.2. The topological polar surface area (TPSA) is 58.2 Å². The number of aromatic nitrogens is 2. The lowest BCUT2D eigenvalue weighted by Crippen LogP contribution is -1.99. The highest BCUT2D eigenvalue weighted by Crippen LogP contribution is 2.26. The summed E-state index contributed by atoms with van der Waals surface area (Å²) in [4.78, 5) is 16.0. The van der Waals surface area contributed by atoms with Crippen LogP contribution in [0.3, 0.4) is 0 Å². The second-order valence-electron chi connectivity index (χ2n) is 4.61. The molecule has 2 heterocycles. The van der Waals surface area contributed by atoms with Crippen molar-refractivity contribution in [3.05, 3.63) is 58.4 Å². The average Bonchev–Trinajstić information content (AvgIpc) is 2.88. The highest BCUT2D eigenvalue weighted by atomic mass is 35.5. The van der Waals surface area contributed by atoms with Gasteiger partial charge in [0.15, 0.2) is 6.29 Å². The molecule has 0 atom stereocenters. The first-order valence-electron chi connectivity index (χ1n) is 6.29. The zero-order chi connectivity index (χ0) is 15.0. The summed E-state index contributed by atoms with van der Waals surface area (Å²) in [5, 5.41) is 9.73. The number of fused-ring (bicyclic) bond motifs is 1. The SMILES string of the molecule is Cc1c(C#N)ccc2nc(-c3ccc(Cl)cc3)c(C=O)n12. The van der Waals surface area contributed by atoms with Crippen LogP contribution in [0.2, 0.25) is 5.02 Å². The van der Waals surface area contributed by atoms with E-state index in [0.29, 0.717) is 33.3 Å². The van der Waals surface area contributed by atoms with Gasteiger partial charge in [-0.2, -0.15) is 5.26 Å². The maximum Gasteiger partial charge on any atom is 0.169 e. The standard InChI is InChI=1S/C16H10ClN3O/c1-10-12(8-18)4-7-15-19-16(14(9-21)20(10)15)11-2-5-13(17)6-3-11/h2-7,9H,1H3. The van der Waals surface area contributed by atoms with Crippen molar-refractivity contribution >= 4 is 23.5 Å². The van der Waals surface area contributed by atoms with Crippen molar-refractivity contribution in [3.63, 3.8) is 0 Å². The molecule has 1 aromatic carbocycles. The lowest BCUT2D eigenvalue weighted by atomic mass is 10.1. The molecule has 3 aromatic rings. The van der Waals surface area contributed by atoms with Gasteiger partial charge in [-0.1, -0.05) is 23.7 Å². The molecule has 0 bridgehead atoms. The predicted molar refractivity (Wildman–Crippen MR) is 80.5 cm³/mol. The number of carbonyl (C=O) groups excluding carboxylic acids is 1. The highest BCUT2D eigenvalue weighted by molar-refractivity contribution is 6.30. The number of hydrogen-bond donors (Lipinski definition) is 0. The molecule has 0 spiro atoms. The monoisotopic (exact) mass is 295 g/mol. The van der Waals surface area contributed by atoms with E-state index in [1.165, 1.54) is 0 Å². The summed E-state index contributed by atoms with van der Waals surface area (Å²) in [6.07, 6.45) is 0.762. The Labute approximate surface area is 126 Å². The second kappa shape index (κ2) is 5.04. The number of imidazole rings is 1. The van der Waals surface area contributed by atoms with Crippen molar-refractivity contribution < 1.29 is 4.79 Å². The molecule has 102 valence electrons. The Balaban J connectivity index is 2.35. The van der Waals surface area contributed by atoms with Gasteiger partial charge in [-0.25, -0.2) is 4.98 Å². The molecule has 0 radical (unpaired) electrons. The first-order valence-corrected chi connectivity index (χ1v) is 6.67. The molecule has 3 rings (SSSR count). The van der Waals surface area contributed by atoms with E-state index in [2.05, 4.69) is 11.1 Å². The Hall–Kier alpha value is -2.64. The van der Waals surface area contributed by atoms with E-state index in [1.807, 2.05) is 12.1 Å². The fraction of sp³-hybridized carbons (Fsp3) is 0.0625. The normalized spacial score (nSPS) is 10.5. The molecule has 0 amide bonds. The van der Waals surface area contributed by atoms with E-state index in [0.717, 1.165) is 11.8 Å². The fourth-order valence-electron chi connectivity index (χ4n) is 2.36. The van der Waals surface area contributed by atoms with Gasteiger partial charge in [0.25, 0.3) is 0 Å². The summed E-state index contributed by atoms with van der Waals surface area (Å²) in [5.74, 6) is 0. The Morgan fingerprint density at radius 1 is 1.24 bits per heavy atom. The van der Waals surface area contributed by atoms with Gasteiger partial charge in [0.1, 0.15) is 23.1 Å². The molecule has 0 saturated heterocycles. The van der Waals surface area contributed by atoms with E-state index in [1.54, 1.807) is 35.6 Å². The fourth-order valence-corrected chi connectivity index (χ4v) is 2.49. The summed E-state index contributed by atoms with van der Waals surface area (Å²) in [6.45, 7) is 1.80. The van der Waals surface area contributed by atoms with Crippen molar-refractivity contribution in [1.82, 2.24) is 9.38 Å². The molecule has 4 nitrogen and oxygen atoms in total. The summed E-state index contributed by atoms with van der Waals surface area (Å²) in [6, 6.07) is 12.7. The smallest absolute Gasteiger partial charge is 0.169 e. The van der Waals surface area contributed by atoms with Crippen molar-refractivity contribution in [1.29, 1.82) is 5.26 Å². The van der Waals surface area contributed by atoms with Crippen LogP contribution < -0.4 is 0 Å². The minimum atomic E-state index is 0.432. The maximum absolute atomic E-state index is 11.5. The van der Waals surface area contributed by atoms with E-state index >= 15 is 0 Å². The van der Waals surface area contributed by atoms with Gasteiger partial charge in [0.05, 0.1) is 5.56 Å². The summed E-state index contributed by atoms with van der Waals surface area (Å²) in [7, 11) is 0. The van der Waals surface area contributed by atoms with Crippen LogP contribution in [0.15, 0.2) is 36.4 Å². The molecule has 0 aliphatic rings. The van der Waals surface area contributed by atoms with Gasteiger partial charge in [0, 0.05) is 16.3 Å². The number of nitriles is 1. The van der Waals surface area contributed by atoms with Gasteiger partial charge >= 0.3 is 0 Å². The molecule has 0 aliphatic carbocycles. The third-order valence-electron chi connectivity index (χ3n) is 3.41. The molecule has 2 aromatic heterocycles. The van der Waals surface area contributed by atoms with Gasteiger partial charge in [-0.15, -0.1) is 0 Å². The van der Waals surface area contributed by atoms with Crippen molar-refractivity contribution in [2.24, 2.45) is 0 Å². The van der Waals surface area contributed by atoms with Crippen LogP contribution in [0.4, 0.5) is 0 Å². The average molecular weight is 296 g/mol. The Morgan fingerprint density at radius 2 is 1.95 bits per heavy atom. The van der Waals surface area contributed by atoms with Crippen LogP contribution in [0.5, 0.6) is 0 Å². The largest absolute Gasteiger partial charge is 0.296 e. The van der Waals surface area contributed by atoms with Crippen LogP contribution in [-0.4, -0.2) is 15.7 Å². The number of hydrogen-bond acceptors (Lipinski definition) is 3. The summed E-state index contributed by atoms with van der Waals surface area (Å²) < 4.78 is 1.70. The van der Waals surface area contributed by atoms with E-state index < -0.39 is 0 Å². The minimum Gasteiger partial charge on any atom is -0.296 e. The highest BCUT2D eigenvalue weighted by Gasteiger charge is 2.16. The number of halogens is 1. The lowest BCUT2D eigenvalue weighted by molar-refractivity contribution is 0.111. The summed E-state index contributed by atoms with van der Waals surface area (Å²) >= 11 is 5.89. The van der Waals surface area contributed by atoms with Crippen LogP contribution in [0, 0.1) is 18.3 Å². The van der Waals surface area contributed by atoms with E-state index in [4.69, 9.17) is 16.9 Å². The number of benzene rings is 1. The van der Waals surface area contributed by atoms with Gasteiger partial charge in [0.2, 0.25) is 0 Å². The number of nitrogens with zero attached hydrogens (tertiary/aromatic N) is 3. The number of rotatable bonds is 2. The van der Waals surface area contributed by atoms with Crippen molar-refractivity contribution in [2.75, 3.05) is 0 Å². The molecule has 0 unspecified atom stereocenters. The second-order valence-corrected chi connectivity index (χ2v) is 5.04. The van der Waals surface area contributed by atoms with Crippen molar-refractivity contribution in [2.45, 2.75) is 6.92 Å². The third-order valence-corrected chi connectivity index (χ3v) is 3.66. The quantitative estimate of drug-likeness (QED) is 0.678. The molecule has 0 fully saturated rings. The third kappa shape index (κ3) is 2.08. The van der Waals surface area contributed by atoms with Crippen molar-refractivity contribution in [3.8, 4) is 17.3 Å². The Morgan fingerprint density at radius 3 is 2.57 bits per heavy atom. The number of pyridine rings is 1. The van der Waals surface area contributed by atoms with Crippen LogP contribution in [0.25, 0.3) is 16.9 Å². The number of carbonyl (C=O) groups is 1. The van der Waals surface area contributed by atoms with E-state index in [9.17, 15) is 4.79 Å². The van der Waals surface area contributed by atoms with Gasteiger partial charge in [-0.3, -0.25) is 9.20 Å². The molecular weight excluding hydrogens is 286 g/mol. The molecule has 0 N–H and O–H groups in total. The first kappa shape index (κ1) is 13.3. The summed E-state index contributed by atoms with van der Waals surface area (Å²) in [5.41, 5.74) is 3.68.